The zero-order valence-electron chi connectivity index (χ0n) is 14.3. The summed E-state index contributed by atoms with van der Waals surface area (Å²) in [6.45, 7) is -4.68. The van der Waals surface area contributed by atoms with Crippen LogP contribution in [0.2, 0.25) is 0 Å². The molecule has 1 aliphatic heterocycles. The maximum Gasteiger partial charge on any atom is 0.488 e. The van der Waals surface area contributed by atoms with Gasteiger partial charge in [0.1, 0.15) is 18.1 Å². The van der Waals surface area contributed by atoms with E-state index in [2.05, 4.69) is 35.4 Å². The zero-order valence-corrected chi connectivity index (χ0v) is 17.8. The number of nitrogens with two attached hydrogens (primary N) is 1. The molecule has 1 saturated heterocycles. The smallest absolute Gasteiger partial charge is 0.382 e. The first kappa shape index (κ1) is 22.8. The van der Waals surface area contributed by atoms with E-state index in [1.807, 2.05) is 0 Å². The van der Waals surface area contributed by atoms with E-state index in [1.165, 1.54) is 12.7 Å². The van der Waals surface area contributed by atoms with Crippen LogP contribution in [0.1, 0.15) is 19.1 Å². The molecule has 0 radical (unpaired) electrons. The molecule has 15 nitrogen and oxygen atoms in total. The number of ether oxygens (including phenoxy) is 1. The molecule has 4 atom stereocenters. The largest absolute Gasteiger partial charge is 0.488 e. The van der Waals surface area contributed by atoms with Gasteiger partial charge in [-0.15, -0.1) is 0 Å². The van der Waals surface area contributed by atoms with E-state index in [9.17, 15) is 18.9 Å². The van der Waals surface area contributed by atoms with Gasteiger partial charge in [-0.2, -0.15) is 4.31 Å². The maximum absolute atomic E-state index is 11.5. The molecule has 0 amide bonds. The van der Waals surface area contributed by atoms with E-state index in [0.717, 1.165) is 0 Å². The SMILES string of the molecule is Nc1ncnc2c1ncn2[C@H]1CC[C@@H](COP(O)(=[35S])OP(=O)(O)OP(=O)(O)O)O1. The quantitative estimate of drug-likeness (QED) is 0.316. The number of aromatic nitrogens is 4. The predicted molar refractivity (Wildman–Crippen MR) is 99.4 cm³/mol. The van der Waals surface area contributed by atoms with E-state index in [1.54, 1.807) is 4.57 Å². The molecule has 19 heteroatoms. The lowest BCUT2D eigenvalue weighted by molar-refractivity contribution is -0.0178. The van der Waals surface area contributed by atoms with Crippen LogP contribution in [-0.2, 0) is 38.8 Å². The number of anilines is 1. The molecule has 2 aromatic rings. The van der Waals surface area contributed by atoms with Crippen molar-refractivity contribution in [2.24, 2.45) is 0 Å². The predicted octanol–water partition coefficient (Wildman–Crippen LogP) is 0.546. The highest BCUT2D eigenvalue weighted by Crippen LogP contribution is 2.66. The molecule has 0 aromatic carbocycles. The van der Waals surface area contributed by atoms with Gasteiger partial charge in [-0.25, -0.2) is 28.4 Å². The molecule has 0 saturated carbocycles. The average molecular weight is 494 g/mol. The number of fused-ring (bicyclic) bond motifs is 1. The Bertz CT molecular complexity index is 1040. The summed E-state index contributed by atoms with van der Waals surface area (Å²) >= 11 is 4.56. The lowest BCUT2D eigenvalue weighted by Crippen LogP contribution is -2.16. The number of hydrogen-bond acceptors (Lipinski definition) is 11. The summed E-state index contributed by atoms with van der Waals surface area (Å²) in [6, 6.07) is 0. The number of nitrogens with zero attached hydrogens (tertiary/aromatic N) is 4. The fourth-order valence-electron chi connectivity index (χ4n) is 2.58. The summed E-state index contributed by atoms with van der Waals surface area (Å²) in [4.78, 5) is 48.3. The Balaban J connectivity index is 1.58. The lowest BCUT2D eigenvalue weighted by Gasteiger charge is -2.21. The highest BCUT2D eigenvalue weighted by Gasteiger charge is 2.39. The lowest BCUT2D eigenvalue weighted by atomic mass is 10.2. The van der Waals surface area contributed by atoms with Crippen molar-refractivity contribution >= 4 is 51.2 Å². The van der Waals surface area contributed by atoms with Crippen LogP contribution in [0.15, 0.2) is 12.7 Å². The highest BCUT2D eigenvalue weighted by molar-refractivity contribution is 8.08. The minimum atomic E-state index is -5.36. The molecule has 3 heterocycles. The Hall–Kier alpha value is -0.860. The van der Waals surface area contributed by atoms with Gasteiger partial charge in [0.25, 0.3) is 0 Å². The molecule has 162 valence electrons. The molecule has 2 unspecified atom stereocenters. The topological polar surface area (TPSA) is 222 Å². The van der Waals surface area contributed by atoms with Crippen LogP contribution < -0.4 is 5.73 Å². The summed E-state index contributed by atoms with van der Waals surface area (Å²) in [5, 5.41) is 0. The zero-order chi connectivity index (χ0) is 21.4. The summed E-state index contributed by atoms with van der Waals surface area (Å²) in [7, 11) is -10.7. The maximum atomic E-state index is 11.5. The Kier molecular flexibility index (Phi) is 6.57. The molecule has 0 spiro atoms. The van der Waals surface area contributed by atoms with Gasteiger partial charge in [-0.1, -0.05) is 0 Å². The Morgan fingerprint density at radius 2 is 1.93 bits per heavy atom. The number of hydrogen-bond donors (Lipinski definition) is 5. The van der Waals surface area contributed by atoms with Crippen molar-refractivity contribution in [1.82, 2.24) is 19.5 Å². The average Bonchev–Trinajstić information content (AvgIpc) is 3.16. The van der Waals surface area contributed by atoms with Crippen LogP contribution in [0.3, 0.4) is 0 Å². The van der Waals surface area contributed by atoms with Gasteiger partial charge < -0.3 is 34.6 Å². The molecule has 6 N–H and O–H groups in total. The molecule has 1 aliphatic rings. The first-order valence-electron chi connectivity index (χ1n) is 7.72. The second kappa shape index (κ2) is 8.35. The number of imidazole rings is 1. The third kappa shape index (κ3) is 6.07. The normalized spacial score (nSPS) is 24.4. The molecule has 0 aliphatic carbocycles. The third-order valence-electron chi connectivity index (χ3n) is 3.62. The Morgan fingerprint density at radius 3 is 2.62 bits per heavy atom. The summed E-state index contributed by atoms with van der Waals surface area (Å²) < 4.78 is 42.2. The van der Waals surface area contributed by atoms with Crippen LogP contribution in [0.4, 0.5) is 5.82 Å². The van der Waals surface area contributed by atoms with Crippen molar-refractivity contribution in [3.63, 3.8) is 0 Å². The van der Waals surface area contributed by atoms with Gasteiger partial charge in [0.05, 0.1) is 19.0 Å². The van der Waals surface area contributed by atoms with Gasteiger partial charge in [-0.3, -0.25) is 4.57 Å². The first-order chi connectivity index (χ1) is 13.4. The number of rotatable bonds is 8. The van der Waals surface area contributed by atoms with E-state index in [4.69, 9.17) is 24.8 Å². The van der Waals surface area contributed by atoms with Crippen molar-refractivity contribution in [1.29, 1.82) is 0 Å². The molecule has 0 bridgehead atoms. The van der Waals surface area contributed by atoms with Crippen LogP contribution in [0.25, 0.3) is 11.2 Å². The van der Waals surface area contributed by atoms with Crippen molar-refractivity contribution in [2.75, 3.05) is 12.3 Å². The molecule has 2 aromatic heterocycles. The van der Waals surface area contributed by atoms with Crippen molar-refractivity contribution in [2.45, 2.75) is 25.2 Å². The van der Waals surface area contributed by atoms with Gasteiger partial charge in [0.15, 0.2) is 11.5 Å². The van der Waals surface area contributed by atoms with Gasteiger partial charge in [0, 0.05) is 0 Å². The minimum Gasteiger partial charge on any atom is -0.382 e. The monoisotopic (exact) mass is 494 g/mol. The van der Waals surface area contributed by atoms with Crippen LogP contribution in [-0.4, -0.2) is 51.8 Å². The summed E-state index contributed by atoms with van der Waals surface area (Å²) in [5.74, 6) is 0.218. The van der Waals surface area contributed by atoms with Gasteiger partial charge in [0.2, 0.25) is 0 Å². The van der Waals surface area contributed by atoms with E-state index < -0.39 is 34.7 Å². The van der Waals surface area contributed by atoms with Crippen molar-refractivity contribution in [3.8, 4) is 0 Å². The van der Waals surface area contributed by atoms with E-state index in [-0.39, 0.29) is 12.4 Å². The van der Waals surface area contributed by atoms with Gasteiger partial charge >= 0.3 is 22.4 Å². The fraction of sp³-hybridized carbons (Fsp3) is 0.500. The molecule has 3 rings (SSSR count). The van der Waals surface area contributed by atoms with Crippen LogP contribution in [0, 0.1) is 0 Å². The van der Waals surface area contributed by atoms with Crippen LogP contribution in [0.5, 0.6) is 0 Å². The molecular formula is C10H16N5O10P3S. The van der Waals surface area contributed by atoms with Crippen molar-refractivity contribution < 1.29 is 46.6 Å². The Labute approximate surface area is 167 Å². The van der Waals surface area contributed by atoms with E-state index in [0.29, 0.717) is 24.0 Å². The number of phosphoric acid groups is 2. The highest BCUT2D eigenvalue weighted by atomic mass is 35.1. The Morgan fingerprint density at radius 1 is 1.21 bits per heavy atom. The van der Waals surface area contributed by atoms with Crippen molar-refractivity contribution in [3.05, 3.63) is 12.7 Å². The first-order valence-corrected chi connectivity index (χ1v) is 13.3. The molecular weight excluding hydrogens is 478 g/mol. The standard InChI is InChI=1S/C10H16N5O10P3S/c11-9-8-10(13-4-12-9)15(5-14-8)7-2-1-6(23-7)3-22-28(21,29)25-27(19,20)24-26(16,17)18/h4-7H,1-3H2,(H,19,20)(H,21,29)(H2,11,12,13)(H2,16,17,18)/t6-,7+,28?/m0/s1/i29+3. The van der Waals surface area contributed by atoms with Gasteiger partial charge in [-0.05, 0) is 24.6 Å². The fourth-order valence-corrected chi connectivity index (χ4v) is 6.57. The summed E-state index contributed by atoms with van der Waals surface area (Å²) in [6.07, 6.45) is 2.73. The second-order valence-electron chi connectivity index (χ2n) is 5.76. The molecule has 1 fully saturated rings. The molecule has 29 heavy (non-hydrogen) atoms. The van der Waals surface area contributed by atoms with E-state index >= 15 is 0 Å². The third-order valence-corrected chi connectivity index (χ3v) is 8.34. The summed E-state index contributed by atoms with van der Waals surface area (Å²) in [5.41, 5.74) is 6.62. The van der Waals surface area contributed by atoms with Crippen LogP contribution >= 0.6 is 22.4 Å². The number of nitrogen functional groups attached to an aromatic ring is 1. The minimum absolute atomic E-state index is 0.218. The second-order valence-corrected chi connectivity index (χ2v) is 11.6.